The van der Waals surface area contributed by atoms with Crippen LogP contribution in [0.25, 0.3) is 0 Å². The van der Waals surface area contributed by atoms with Crippen molar-refractivity contribution < 1.29 is 28.6 Å². The fraction of sp³-hybridized carbons (Fsp3) is 0.726. The van der Waals surface area contributed by atoms with Gasteiger partial charge < -0.3 is 14.2 Å². The molecule has 68 heavy (non-hydrogen) atoms. The molecule has 0 rings (SSSR count). The number of rotatable bonds is 51. The molecule has 0 N–H and O–H groups in total. The smallest absolute Gasteiger partial charge is 0.306 e. The Morgan fingerprint density at radius 3 is 0.941 bits per heavy atom. The van der Waals surface area contributed by atoms with Crippen LogP contribution in [0, 0.1) is 0 Å². The lowest BCUT2D eigenvalue weighted by Gasteiger charge is -2.18. The first kappa shape index (κ1) is 64.6. The van der Waals surface area contributed by atoms with Crippen molar-refractivity contribution in [2.45, 2.75) is 277 Å². The van der Waals surface area contributed by atoms with Crippen LogP contribution in [-0.2, 0) is 28.6 Å². The molecule has 0 heterocycles. The van der Waals surface area contributed by atoms with Crippen molar-refractivity contribution in [2.75, 3.05) is 13.2 Å². The number of hydrogen-bond acceptors (Lipinski definition) is 6. The summed E-state index contributed by atoms with van der Waals surface area (Å²) in [5.41, 5.74) is 0. The van der Waals surface area contributed by atoms with Crippen LogP contribution in [-0.4, -0.2) is 37.2 Å². The Morgan fingerprint density at radius 1 is 0.309 bits per heavy atom. The molecule has 0 aromatic heterocycles. The van der Waals surface area contributed by atoms with Crippen LogP contribution >= 0.6 is 0 Å². The van der Waals surface area contributed by atoms with E-state index in [-0.39, 0.29) is 31.1 Å². The third kappa shape index (κ3) is 53.5. The van der Waals surface area contributed by atoms with Crippen LogP contribution in [0.1, 0.15) is 271 Å². The quantitative estimate of drug-likeness (QED) is 0.0262. The predicted octanol–water partition coefficient (Wildman–Crippen LogP) is 19.2. The molecule has 0 saturated carbocycles. The summed E-state index contributed by atoms with van der Waals surface area (Å²) >= 11 is 0. The maximum atomic E-state index is 12.7. The molecule has 6 nitrogen and oxygen atoms in total. The van der Waals surface area contributed by atoms with E-state index < -0.39 is 6.10 Å². The van der Waals surface area contributed by atoms with Gasteiger partial charge in [-0.25, -0.2) is 0 Å². The second-order valence-electron chi connectivity index (χ2n) is 18.8. The van der Waals surface area contributed by atoms with Crippen molar-refractivity contribution in [1.82, 2.24) is 0 Å². The minimum absolute atomic E-state index is 0.0780. The van der Waals surface area contributed by atoms with Gasteiger partial charge in [0.25, 0.3) is 0 Å². The molecule has 1 unspecified atom stereocenters. The fourth-order valence-corrected chi connectivity index (χ4v) is 7.85. The molecule has 0 radical (unpaired) electrons. The average molecular weight is 948 g/mol. The fourth-order valence-electron chi connectivity index (χ4n) is 7.85. The van der Waals surface area contributed by atoms with Crippen LogP contribution in [0.15, 0.2) is 85.1 Å². The van der Waals surface area contributed by atoms with Gasteiger partial charge in [-0.1, -0.05) is 241 Å². The Kier molecular flexibility index (Phi) is 53.4. The van der Waals surface area contributed by atoms with Crippen LogP contribution in [0.4, 0.5) is 0 Å². The molecule has 6 heteroatoms. The molecular weight excluding hydrogens is 841 g/mol. The van der Waals surface area contributed by atoms with Gasteiger partial charge in [0.05, 0.1) is 0 Å². The van der Waals surface area contributed by atoms with Gasteiger partial charge in [0, 0.05) is 19.3 Å². The summed E-state index contributed by atoms with van der Waals surface area (Å²) in [5.74, 6) is -0.899. The Bertz CT molecular complexity index is 1320. The first-order valence-corrected chi connectivity index (χ1v) is 28.6. The number of unbranched alkanes of at least 4 members (excludes halogenated alkanes) is 26. The van der Waals surface area contributed by atoms with E-state index in [9.17, 15) is 14.4 Å². The van der Waals surface area contributed by atoms with Gasteiger partial charge in [-0.3, -0.25) is 14.4 Å². The zero-order chi connectivity index (χ0) is 49.3. The highest BCUT2D eigenvalue weighted by atomic mass is 16.6. The number of ether oxygens (including phenoxy) is 3. The second-order valence-corrected chi connectivity index (χ2v) is 18.8. The molecule has 0 amide bonds. The van der Waals surface area contributed by atoms with Crippen LogP contribution in [0.5, 0.6) is 0 Å². The van der Waals surface area contributed by atoms with Gasteiger partial charge in [0.2, 0.25) is 0 Å². The normalized spacial score (nSPS) is 12.7. The lowest BCUT2D eigenvalue weighted by atomic mass is 10.0. The Morgan fingerprint density at radius 2 is 0.574 bits per heavy atom. The average Bonchev–Trinajstić information content (AvgIpc) is 3.34. The lowest BCUT2D eigenvalue weighted by Crippen LogP contribution is -2.30. The monoisotopic (exact) mass is 947 g/mol. The maximum Gasteiger partial charge on any atom is 0.306 e. The van der Waals surface area contributed by atoms with E-state index in [0.717, 1.165) is 116 Å². The molecule has 0 bridgehead atoms. The summed E-state index contributed by atoms with van der Waals surface area (Å²) in [6, 6.07) is 0. The lowest BCUT2D eigenvalue weighted by molar-refractivity contribution is -0.167. The van der Waals surface area contributed by atoms with Crippen molar-refractivity contribution in [2.24, 2.45) is 0 Å². The third-order valence-corrected chi connectivity index (χ3v) is 12.1. The van der Waals surface area contributed by atoms with E-state index in [0.29, 0.717) is 19.3 Å². The van der Waals surface area contributed by atoms with E-state index in [1.165, 1.54) is 116 Å². The standard InChI is InChI=1S/C62H106O6/c1-4-7-10-13-15-17-19-21-22-23-24-25-26-27-28-29-30-31-32-33-34-35-36-37-38-39-40-41-43-44-46-49-52-55-61(64)67-58-59(57-66-60(63)54-51-48-12-9-6-3)68-62(65)56-53-50-47-45-42-20-18-16-14-11-8-5-2/h7,10,15-18,21-22,24-25,27-28,30-31,59H,4-6,8-9,11-14,19-20,23,26,29,32-58H2,1-3H3/b10-7-,17-15-,18-16-,22-21-,25-24-,28-27-,31-30-. The molecule has 0 aliphatic carbocycles. The largest absolute Gasteiger partial charge is 0.462 e. The van der Waals surface area contributed by atoms with Gasteiger partial charge in [-0.05, 0) is 96.3 Å². The van der Waals surface area contributed by atoms with Crippen molar-refractivity contribution in [3.05, 3.63) is 85.1 Å². The SMILES string of the molecule is CC/C=C\C/C=C\C/C=C\C/C=C\C/C=C\C/C=C\CCCCCCCCCCCCCCCCC(=O)OCC(COC(=O)CCCCCCC)OC(=O)CCCCCCC/C=C\CCCCC. The minimum atomic E-state index is -0.774. The minimum Gasteiger partial charge on any atom is -0.462 e. The van der Waals surface area contributed by atoms with Crippen molar-refractivity contribution in [1.29, 1.82) is 0 Å². The predicted molar refractivity (Wildman–Crippen MR) is 293 cm³/mol. The molecule has 1 atom stereocenters. The summed E-state index contributed by atoms with van der Waals surface area (Å²) in [5, 5.41) is 0. The topological polar surface area (TPSA) is 78.9 Å². The molecule has 0 spiro atoms. The van der Waals surface area contributed by atoms with Gasteiger partial charge in [0.15, 0.2) is 6.10 Å². The molecule has 0 aliphatic rings. The Balaban J connectivity index is 3.95. The van der Waals surface area contributed by atoms with E-state index in [1.807, 2.05) is 0 Å². The van der Waals surface area contributed by atoms with E-state index in [4.69, 9.17) is 14.2 Å². The van der Waals surface area contributed by atoms with E-state index >= 15 is 0 Å². The number of carbonyl (C=O) groups is 3. The van der Waals surface area contributed by atoms with Crippen LogP contribution < -0.4 is 0 Å². The zero-order valence-electron chi connectivity index (χ0n) is 44.6. The van der Waals surface area contributed by atoms with Crippen LogP contribution in [0.2, 0.25) is 0 Å². The highest BCUT2D eigenvalue weighted by Crippen LogP contribution is 2.15. The summed E-state index contributed by atoms with van der Waals surface area (Å²) in [7, 11) is 0. The van der Waals surface area contributed by atoms with E-state index in [1.54, 1.807) is 0 Å². The molecule has 0 saturated heterocycles. The third-order valence-electron chi connectivity index (χ3n) is 12.1. The van der Waals surface area contributed by atoms with Crippen molar-refractivity contribution in [3.63, 3.8) is 0 Å². The highest BCUT2D eigenvalue weighted by molar-refractivity contribution is 5.71. The Labute approximate surface area is 420 Å². The van der Waals surface area contributed by atoms with Gasteiger partial charge in [0.1, 0.15) is 13.2 Å². The summed E-state index contributed by atoms with van der Waals surface area (Å²) in [6.45, 7) is 6.41. The first-order chi connectivity index (χ1) is 33.5. The molecule has 0 aromatic carbocycles. The molecule has 0 aliphatic heterocycles. The second kappa shape index (κ2) is 56.2. The number of carbonyl (C=O) groups excluding carboxylic acids is 3. The summed E-state index contributed by atoms with van der Waals surface area (Å²) in [4.78, 5) is 37.7. The Hall–Kier alpha value is -3.41. The molecule has 0 fully saturated rings. The zero-order valence-corrected chi connectivity index (χ0v) is 44.6. The van der Waals surface area contributed by atoms with Crippen molar-refractivity contribution in [3.8, 4) is 0 Å². The van der Waals surface area contributed by atoms with Crippen LogP contribution in [0.3, 0.4) is 0 Å². The molecular formula is C62H106O6. The highest BCUT2D eigenvalue weighted by Gasteiger charge is 2.19. The first-order valence-electron chi connectivity index (χ1n) is 28.6. The van der Waals surface area contributed by atoms with E-state index in [2.05, 4.69) is 106 Å². The van der Waals surface area contributed by atoms with Crippen molar-refractivity contribution >= 4 is 17.9 Å². The van der Waals surface area contributed by atoms with Gasteiger partial charge >= 0.3 is 17.9 Å². The molecule has 390 valence electrons. The van der Waals surface area contributed by atoms with Gasteiger partial charge in [-0.2, -0.15) is 0 Å². The summed E-state index contributed by atoms with van der Waals surface area (Å²) in [6.07, 6.45) is 73.5. The number of hydrogen-bond donors (Lipinski definition) is 0. The number of esters is 3. The summed E-state index contributed by atoms with van der Waals surface area (Å²) < 4.78 is 16.7. The number of allylic oxidation sites excluding steroid dienone is 14. The maximum absolute atomic E-state index is 12.7. The molecule has 0 aromatic rings. The van der Waals surface area contributed by atoms with Gasteiger partial charge in [-0.15, -0.1) is 0 Å².